The monoisotopic (exact) mass is 755 g/mol. The number of para-hydroxylation sites is 2. The molecule has 0 aliphatic heterocycles. The molecule has 0 amide bonds. The molecule has 0 bridgehead atoms. The predicted molar refractivity (Wildman–Crippen MR) is 246 cm³/mol. The number of rotatable bonds is 7. The van der Waals surface area contributed by atoms with Gasteiger partial charge in [0.05, 0.1) is 5.41 Å². The number of hydrogen-bond donors (Lipinski definition) is 0. The van der Waals surface area contributed by atoms with Gasteiger partial charge in [-0.25, -0.2) is 0 Å². The van der Waals surface area contributed by atoms with Crippen LogP contribution in [0.2, 0.25) is 0 Å². The molecule has 0 saturated carbocycles. The van der Waals surface area contributed by atoms with Crippen LogP contribution < -0.4 is 4.90 Å². The van der Waals surface area contributed by atoms with E-state index in [0.29, 0.717) is 0 Å². The highest BCUT2D eigenvalue weighted by Crippen LogP contribution is 2.57. The van der Waals surface area contributed by atoms with Crippen molar-refractivity contribution in [3.05, 3.63) is 246 Å². The molecule has 11 rings (SSSR count). The van der Waals surface area contributed by atoms with Gasteiger partial charge in [-0.3, -0.25) is 0 Å². The van der Waals surface area contributed by atoms with Crippen molar-refractivity contribution in [2.45, 2.75) is 19.3 Å². The fraction of sp³-hybridized carbons (Fsp3) is 0.0526. The minimum absolute atomic E-state index is 0.504. The van der Waals surface area contributed by atoms with Crippen molar-refractivity contribution in [1.82, 2.24) is 0 Å². The summed E-state index contributed by atoms with van der Waals surface area (Å²) in [6.07, 6.45) is 0. The molecule has 0 fully saturated rings. The summed E-state index contributed by atoms with van der Waals surface area (Å²) in [6, 6.07) is 77.4. The Hall–Kier alpha value is -7.42. The number of furan rings is 1. The molecule has 59 heavy (non-hydrogen) atoms. The Kier molecular flexibility index (Phi) is 8.20. The zero-order valence-electron chi connectivity index (χ0n) is 33.1. The van der Waals surface area contributed by atoms with Crippen LogP contribution in [0.15, 0.2) is 217 Å². The first-order valence-electron chi connectivity index (χ1n) is 20.4. The first-order valence-corrected chi connectivity index (χ1v) is 20.4. The lowest BCUT2D eigenvalue weighted by Crippen LogP contribution is -2.28. The average molecular weight is 756 g/mol. The molecule has 1 heterocycles. The van der Waals surface area contributed by atoms with Gasteiger partial charge in [-0.2, -0.15) is 0 Å². The second-order valence-corrected chi connectivity index (χ2v) is 15.7. The van der Waals surface area contributed by atoms with Crippen LogP contribution in [0.5, 0.6) is 0 Å². The van der Waals surface area contributed by atoms with Gasteiger partial charge in [-0.05, 0) is 118 Å². The smallest absolute Gasteiger partial charge is 0.143 e. The summed E-state index contributed by atoms with van der Waals surface area (Å²) in [5.74, 6) is 0. The molecule has 0 spiro atoms. The van der Waals surface area contributed by atoms with Gasteiger partial charge in [0.15, 0.2) is 0 Å². The highest BCUT2D eigenvalue weighted by molar-refractivity contribution is 6.09. The fourth-order valence-corrected chi connectivity index (χ4v) is 9.75. The molecule has 0 saturated heterocycles. The van der Waals surface area contributed by atoms with Gasteiger partial charge in [0, 0.05) is 33.4 Å². The lowest BCUT2D eigenvalue weighted by Gasteiger charge is -2.35. The topological polar surface area (TPSA) is 16.4 Å². The van der Waals surface area contributed by atoms with Crippen molar-refractivity contribution in [1.29, 1.82) is 0 Å². The van der Waals surface area contributed by atoms with Gasteiger partial charge >= 0.3 is 0 Å². The SMILES string of the molecule is Cc1ccccc1-c1ccc(N(c2ccc(-c3cccc4c3oc3ccccc34)cc2)c2ccc3c(c2)C(c2ccccc2)(c2ccccc2)c2ccccc2-3)cc1C. The maximum Gasteiger partial charge on any atom is 0.143 e. The Morgan fingerprint density at radius 2 is 0.915 bits per heavy atom. The van der Waals surface area contributed by atoms with Crippen LogP contribution in [-0.4, -0.2) is 0 Å². The highest BCUT2D eigenvalue weighted by Gasteiger charge is 2.46. The van der Waals surface area contributed by atoms with Crippen LogP contribution in [0.4, 0.5) is 17.1 Å². The minimum Gasteiger partial charge on any atom is -0.455 e. The van der Waals surface area contributed by atoms with Crippen molar-refractivity contribution in [2.24, 2.45) is 0 Å². The molecular weight excluding hydrogens is 715 g/mol. The normalized spacial score (nSPS) is 12.7. The van der Waals surface area contributed by atoms with Crippen molar-refractivity contribution in [3.8, 4) is 33.4 Å². The zero-order valence-corrected chi connectivity index (χ0v) is 33.1. The fourth-order valence-electron chi connectivity index (χ4n) is 9.75. The van der Waals surface area contributed by atoms with Gasteiger partial charge < -0.3 is 9.32 Å². The Morgan fingerprint density at radius 3 is 1.64 bits per heavy atom. The Labute approximate surface area is 345 Å². The van der Waals surface area contributed by atoms with E-state index in [0.717, 1.165) is 50.1 Å². The molecule has 1 aliphatic carbocycles. The van der Waals surface area contributed by atoms with Crippen molar-refractivity contribution in [2.75, 3.05) is 4.90 Å². The molecule has 10 aromatic rings. The number of nitrogens with zero attached hydrogens (tertiary/aromatic N) is 1. The molecule has 1 aliphatic rings. The van der Waals surface area contributed by atoms with E-state index >= 15 is 0 Å². The third kappa shape index (κ3) is 5.48. The second-order valence-electron chi connectivity index (χ2n) is 15.7. The third-order valence-corrected chi connectivity index (χ3v) is 12.4. The lowest BCUT2D eigenvalue weighted by molar-refractivity contribution is 0.670. The van der Waals surface area contributed by atoms with Gasteiger partial charge in [-0.15, -0.1) is 0 Å². The molecule has 0 unspecified atom stereocenters. The van der Waals surface area contributed by atoms with Crippen LogP contribution in [0, 0.1) is 13.8 Å². The first-order chi connectivity index (χ1) is 29.1. The van der Waals surface area contributed by atoms with Gasteiger partial charge in [0.25, 0.3) is 0 Å². The standard InChI is InChI=1S/C57H41NO/c1-38-16-9-10-21-46(38)47-34-32-44(36-39(47)2)58(43-30-28-40(29-31-43)48-24-15-25-52-51-23-12-14-27-55(51)59-56(48)52)45-33-35-50-49-22-11-13-26-53(49)57(54(50)37-45,41-17-5-3-6-18-41)42-19-7-4-8-20-42/h3-37H,1-2H3. The Bertz CT molecular complexity index is 3140. The van der Waals surface area contributed by atoms with Gasteiger partial charge in [-0.1, -0.05) is 170 Å². The molecule has 9 aromatic carbocycles. The molecule has 0 N–H and O–H groups in total. The van der Waals surface area contributed by atoms with Crippen molar-refractivity contribution >= 4 is 39.0 Å². The summed E-state index contributed by atoms with van der Waals surface area (Å²) in [4.78, 5) is 2.42. The van der Waals surface area contributed by atoms with E-state index in [2.05, 4.69) is 219 Å². The summed E-state index contributed by atoms with van der Waals surface area (Å²) >= 11 is 0. The third-order valence-electron chi connectivity index (χ3n) is 12.4. The number of anilines is 3. The van der Waals surface area contributed by atoms with Crippen LogP contribution in [0.25, 0.3) is 55.3 Å². The lowest BCUT2D eigenvalue weighted by atomic mass is 9.67. The van der Waals surface area contributed by atoms with Gasteiger partial charge in [0.2, 0.25) is 0 Å². The summed E-state index contributed by atoms with van der Waals surface area (Å²) in [6.45, 7) is 4.42. The molecule has 2 nitrogen and oxygen atoms in total. The molecule has 0 atom stereocenters. The largest absolute Gasteiger partial charge is 0.455 e. The number of fused-ring (bicyclic) bond motifs is 6. The predicted octanol–water partition coefficient (Wildman–Crippen LogP) is 15.4. The minimum atomic E-state index is -0.504. The number of aryl methyl sites for hydroxylation is 2. The van der Waals surface area contributed by atoms with E-state index in [4.69, 9.17) is 4.42 Å². The number of hydrogen-bond acceptors (Lipinski definition) is 2. The van der Waals surface area contributed by atoms with Crippen LogP contribution in [-0.2, 0) is 5.41 Å². The van der Waals surface area contributed by atoms with Crippen molar-refractivity contribution < 1.29 is 4.42 Å². The quantitative estimate of drug-likeness (QED) is 0.161. The Balaban J connectivity index is 1.11. The van der Waals surface area contributed by atoms with E-state index in [1.54, 1.807) is 0 Å². The maximum atomic E-state index is 6.47. The average Bonchev–Trinajstić information content (AvgIpc) is 3.82. The molecule has 2 heteroatoms. The van der Waals surface area contributed by atoms with E-state index in [1.807, 2.05) is 12.1 Å². The number of benzene rings is 9. The molecule has 0 radical (unpaired) electrons. The van der Waals surface area contributed by atoms with Crippen LogP contribution in [0.3, 0.4) is 0 Å². The van der Waals surface area contributed by atoms with E-state index in [9.17, 15) is 0 Å². The summed E-state index contributed by atoms with van der Waals surface area (Å²) < 4.78 is 6.47. The molecule has 280 valence electrons. The van der Waals surface area contributed by atoms with Crippen molar-refractivity contribution in [3.63, 3.8) is 0 Å². The van der Waals surface area contributed by atoms with Crippen LogP contribution in [0.1, 0.15) is 33.4 Å². The van der Waals surface area contributed by atoms with E-state index < -0.39 is 5.41 Å². The summed E-state index contributed by atoms with van der Waals surface area (Å²) in [7, 11) is 0. The zero-order chi connectivity index (χ0) is 39.5. The van der Waals surface area contributed by atoms with E-state index in [1.165, 1.54) is 55.6 Å². The highest BCUT2D eigenvalue weighted by atomic mass is 16.3. The molecular formula is C57H41NO. The Morgan fingerprint density at radius 1 is 0.373 bits per heavy atom. The summed E-state index contributed by atoms with van der Waals surface area (Å²) in [5.41, 5.74) is 19.4. The maximum absolute atomic E-state index is 6.47. The first kappa shape index (κ1) is 34.8. The van der Waals surface area contributed by atoms with E-state index in [-0.39, 0.29) is 0 Å². The second kappa shape index (κ2) is 13.9. The summed E-state index contributed by atoms with van der Waals surface area (Å²) in [5, 5.41) is 2.27. The van der Waals surface area contributed by atoms with Crippen LogP contribution >= 0.6 is 0 Å². The van der Waals surface area contributed by atoms with Gasteiger partial charge in [0.1, 0.15) is 11.2 Å². The molecule has 1 aromatic heterocycles.